The van der Waals surface area contributed by atoms with Crippen LogP contribution in [-0.4, -0.2) is 46.6 Å². The molecule has 30 heavy (non-hydrogen) atoms. The summed E-state index contributed by atoms with van der Waals surface area (Å²) in [7, 11) is 7.72. The Balaban J connectivity index is 2.25. The van der Waals surface area contributed by atoms with Crippen LogP contribution in [0.25, 0.3) is 21.6 Å². The number of ether oxygens (including phenoxy) is 5. The summed E-state index contributed by atoms with van der Waals surface area (Å²) in [6.45, 7) is 0. The van der Waals surface area contributed by atoms with Gasteiger partial charge in [-0.05, 0) is 47.5 Å². The van der Waals surface area contributed by atoms with E-state index in [0.29, 0.717) is 28.7 Å². The summed E-state index contributed by atoms with van der Waals surface area (Å²) in [5.74, 6) is 1.56. The molecule has 0 atom stereocenters. The zero-order chi connectivity index (χ0) is 21.8. The highest BCUT2D eigenvalue weighted by Gasteiger charge is 2.21. The largest absolute Gasteiger partial charge is 0.493 e. The molecule has 1 N–H and O–H groups in total. The number of carbonyl (C=O) groups is 1. The minimum absolute atomic E-state index is 0.212. The van der Waals surface area contributed by atoms with Crippen LogP contribution in [0.2, 0.25) is 0 Å². The summed E-state index contributed by atoms with van der Waals surface area (Å²) in [5, 5.41) is 9.58. The molecule has 0 amide bonds. The highest BCUT2D eigenvalue weighted by molar-refractivity contribution is 7.18. The van der Waals surface area contributed by atoms with Gasteiger partial charge < -0.3 is 28.8 Å². The van der Waals surface area contributed by atoms with Crippen LogP contribution in [0.3, 0.4) is 0 Å². The van der Waals surface area contributed by atoms with E-state index in [1.54, 1.807) is 38.5 Å². The summed E-state index contributed by atoms with van der Waals surface area (Å²) in [6.07, 6.45) is 0. The Labute approximate surface area is 178 Å². The summed E-state index contributed by atoms with van der Waals surface area (Å²) >= 11 is 1.18. The van der Waals surface area contributed by atoms with Gasteiger partial charge in [0.15, 0.2) is 23.0 Å². The minimum Gasteiger partial charge on any atom is -0.493 e. The van der Waals surface area contributed by atoms with E-state index in [2.05, 4.69) is 0 Å². The molecular formula is C22H22O7S. The lowest BCUT2D eigenvalue weighted by molar-refractivity contribution is 0.0702. The number of carboxylic acids is 1. The molecule has 158 valence electrons. The van der Waals surface area contributed by atoms with Gasteiger partial charge in [-0.25, -0.2) is 4.79 Å². The second kappa shape index (κ2) is 8.96. The normalized spacial score (nSPS) is 10.4. The third-order valence-electron chi connectivity index (χ3n) is 4.56. The highest BCUT2D eigenvalue weighted by Crippen LogP contribution is 2.46. The predicted molar refractivity (Wildman–Crippen MR) is 115 cm³/mol. The van der Waals surface area contributed by atoms with Crippen molar-refractivity contribution in [2.45, 2.75) is 0 Å². The van der Waals surface area contributed by atoms with E-state index in [4.69, 9.17) is 23.7 Å². The van der Waals surface area contributed by atoms with E-state index in [9.17, 15) is 9.90 Å². The van der Waals surface area contributed by atoms with E-state index < -0.39 is 5.97 Å². The van der Waals surface area contributed by atoms with Crippen LogP contribution in [0.4, 0.5) is 0 Å². The Morgan fingerprint density at radius 3 is 1.80 bits per heavy atom. The Morgan fingerprint density at radius 1 is 0.733 bits per heavy atom. The van der Waals surface area contributed by atoms with Crippen molar-refractivity contribution >= 4 is 17.3 Å². The van der Waals surface area contributed by atoms with Crippen molar-refractivity contribution in [2.24, 2.45) is 0 Å². The second-order valence-electron chi connectivity index (χ2n) is 6.14. The molecule has 0 fully saturated rings. The first-order valence-electron chi connectivity index (χ1n) is 8.87. The lowest BCUT2D eigenvalue weighted by Gasteiger charge is -2.15. The standard InChI is InChI=1S/C22H22O7S/c1-25-15-7-6-12(8-16(15)26-2)21-14(11-19(30-21)22(23)24)13-9-17(27-3)20(29-5)18(10-13)28-4/h6-11H,1-5H3,(H,23,24). The van der Waals surface area contributed by atoms with Crippen LogP contribution >= 0.6 is 11.3 Å². The lowest BCUT2D eigenvalue weighted by atomic mass is 10.0. The summed E-state index contributed by atoms with van der Waals surface area (Å²) in [6, 6.07) is 10.7. The number of methoxy groups -OCH3 is 5. The van der Waals surface area contributed by atoms with Crippen molar-refractivity contribution in [3.63, 3.8) is 0 Å². The van der Waals surface area contributed by atoms with Gasteiger partial charge in [0.25, 0.3) is 0 Å². The van der Waals surface area contributed by atoms with Crippen molar-refractivity contribution < 1.29 is 33.6 Å². The number of thiophene rings is 1. The monoisotopic (exact) mass is 430 g/mol. The van der Waals surface area contributed by atoms with Crippen LogP contribution in [0.15, 0.2) is 36.4 Å². The number of rotatable bonds is 8. The predicted octanol–water partition coefficient (Wildman–Crippen LogP) is 4.82. The molecule has 7 nitrogen and oxygen atoms in total. The van der Waals surface area contributed by atoms with Crippen molar-refractivity contribution in [1.82, 2.24) is 0 Å². The van der Waals surface area contributed by atoms with Crippen molar-refractivity contribution in [3.8, 4) is 50.3 Å². The highest BCUT2D eigenvalue weighted by atomic mass is 32.1. The lowest BCUT2D eigenvalue weighted by Crippen LogP contribution is -1.96. The Hall–Kier alpha value is -3.39. The molecule has 0 radical (unpaired) electrons. The van der Waals surface area contributed by atoms with E-state index in [1.165, 1.54) is 32.7 Å². The zero-order valence-electron chi connectivity index (χ0n) is 17.3. The van der Waals surface area contributed by atoms with E-state index >= 15 is 0 Å². The Bertz CT molecular complexity index is 1050. The Morgan fingerprint density at radius 2 is 1.30 bits per heavy atom. The maximum Gasteiger partial charge on any atom is 0.345 e. The number of hydrogen-bond acceptors (Lipinski definition) is 7. The maximum absolute atomic E-state index is 11.7. The van der Waals surface area contributed by atoms with Crippen molar-refractivity contribution in [2.75, 3.05) is 35.5 Å². The average molecular weight is 430 g/mol. The fraction of sp³-hybridized carbons (Fsp3) is 0.227. The zero-order valence-corrected chi connectivity index (χ0v) is 18.1. The average Bonchev–Trinajstić information content (AvgIpc) is 3.23. The van der Waals surface area contributed by atoms with E-state index in [-0.39, 0.29) is 4.88 Å². The molecule has 0 spiro atoms. The first kappa shape index (κ1) is 21.3. The van der Waals surface area contributed by atoms with Gasteiger partial charge in [0, 0.05) is 10.4 Å². The van der Waals surface area contributed by atoms with Gasteiger partial charge in [-0.2, -0.15) is 0 Å². The molecule has 0 bridgehead atoms. The first-order valence-corrected chi connectivity index (χ1v) is 9.68. The fourth-order valence-corrected chi connectivity index (χ4v) is 4.15. The van der Waals surface area contributed by atoms with Gasteiger partial charge in [-0.15, -0.1) is 11.3 Å². The molecule has 1 heterocycles. The van der Waals surface area contributed by atoms with Crippen LogP contribution in [0.1, 0.15) is 9.67 Å². The molecule has 3 rings (SSSR count). The minimum atomic E-state index is -1.000. The van der Waals surface area contributed by atoms with E-state index in [1.807, 2.05) is 12.1 Å². The molecule has 1 aromatic heterocycles. The van der Waals surface area contributed by atoms with Gasteiger partial charge in [-0.3, -0.25) is 0 Å². The van der Waals surface area contributed by atoms with Crippen LogP contribution in [0, 0.1) is 0 Å². The first-order chi connectivity index (χ1) is 14.5. The smallest absolute Gasteiger partial charge is 0.345 e. The molecule has 0 aliphatic heterocycles. The fourth-order valence-electron chi connectivity index (χ4n) is 3.14. The number of benzene rings is 2. The molecule has 0 aliphatic rings. The van der Waals surface area contributed by atoms with Gasteiger partial charge in [0.05, 0.1) is 35.5 Å². The molecule has 0 aliphatic carbocycles. The SMILES string of the molecule is COc1ccc(-c2sc(C(=O)O)cc2-c2cc(OC)c(OC)c(OC)c2)cc1OC. The van der Waals surface area contributed by atoms with Gasteiger partial charge in [0.2, 0.25) is 5.75 Å². The van der Waals surface area contributed by atoms with Gasteiger partial charge >= 0.3 is 5.97 Å². The molecule has 3 aromatic rings. The quantitative estimate of drug-likeness (QED) is 0.548. The molecule has 0 saturated heterocycles. The van der Waals surface area contributed by atoms with E-state index in [0.717, 1.165) is 21.6 Å². The molecular weight excluding hydrogens is 408 g/mol. The van der Waals surface area contributed by atoms with Gasteiger partial charge in [-0.1, -0.05) is 0 Å². The third kappa shape index (κ3) is 3.86. The molecule has 2 aromatic carbocycles. The third-order valence-corrected chi connectivity index (χ3v) is 5.74. The number of aromatic carboxylic acids is 1. The summed E-state index contributed by atoms with van der Waals surface area (Å²) in [5.41, 5.74) is 2.26. The van der Waals surface area contributed by atoms with Crippen LogP contribution < -0.4 is 23.7 Å². The molecule has 0 saturated carbocycles. The van der Waals surface area contributed by atoms with Crippen LogP contribution in [-0.2, 0) is 0 Å². The van der Waals surface area contributed by atoms with Crippen molar-refractivity contribution in [3.05, 3.63) is 41.3 Å². The van der Waals surface area contributed by atoms with Crippen LogP contribution in [0.5, 0.6) is 28.7 Å². The Kier molecular flexibility index (Phi) is 6.37. The number of carboxylic acid groups (broad SMARTS) is 1. The summed E-state index contributed by atoms with van der Waals surface area (Å²) < 4.78 is 27.0. The topological polar surface area (TPSA) is 83.5 Å². The maximum atomic E-state index is 11.7. The van der Waals surface area contributed by atoms with Gasteiger partial charge in [0.1, 0.15) is 4.88 Å². The number of hydrogen-bond donors (Lipinski definition) is 1. The second-order valence-corrected chi connectivity index (χ2v) is 7.19. The summed E-state index contributed by atoms with van der Waals surface area (Å²) in [4.78, 5) is 12.7. The van der Waals surface area contributed by atoms with Crippen molar-refractivity contribution in [1.29, 1.82) is 0 Å². The molecule has 8 heteroatoms. The molecule has 0 unspecified atom stereocenters.